The van der Waals surface area contributed by atoms with Crippen molar-refractivity contribution in [1.82, 2.24) is 0 Å². The van der Waals surface area contributed by atoms with Crippen LogP contribution in [-0.4, -0.2) is 36.6 Å². The fourth-order valence-corrected chi connectivity index (χ4v) is 0.758. The third-order valence-electron chi connectivity index (χ3n) is 1.39. The smallest absolute Gasteiger partial charge is 0.0466 e. The number of ether oxygens (including phenoxy) is 1. The molecule has 3 heteroatoms. The van der Waals surface area contributed by atoms with Gasteiger partial charge in [-0.15, -0.1) is 0 Å². The molecule has 11 heavy (non-hydrogen) atoms. The fraction of sp³-hybridized carbons (Fsp3) is 1.00. The molecule has 0 aromatic heterocycles. The van der Waals surface area contributed by atoms with Crippen molar-refractivity contribution in [1.29, 1.82) is 0 Å². The van der Waals surface area contributed by atoms with Gasteiger partial charge in [-0.05, 0) is 25.7 Å². The number of hydrogen-bond donors (Lipinski definition) is 2. The van der Waals surface area contributed by atoms with E-state index < -0.39 is 0 Å². The first kappa shape index (κ1) is 10.9. The highest BCUT2D eigenvalue weighted by Crippen LogP contribution is 2.02. The summed E-state index contributed by atoms with van der Waals surface area (Å²) in [6.07, 6.45) is 4.43. The molecule has 1 aliphatic rings. The van der Waals surface area contributed by atoms with Crippen LogP contribution >= 0.6 is 0 Å². The third kappa shape index (κ3) is 9.88. The Balaban J connectivity index is 0.000000187. The van der Waals surface area contributed by atoms with Crippen molar-refractivity contribution in [3.8, 4) is 0 Å². The van der Waals surface area contributed by atoms with Crippen molar-refractivity contribution in [3.05, 3.63) is 0 Å². The molecule has 0 spiro atoms. The van der Waals surface area contributed by atoms with E-state index in [0.29, 0.717) is 6.42 Å². The highest BCUT2D eigenvalue weighted by atomic mass is 16.5. The lowest BCUT2D eigenvalue weighted by Gasteiger charge is -2.08. The Kier molecular flexibility index (Phi) is 9.77. The molecule has 0 saturated carbocycles. The number of hydrogen-bond acceptors (Lipinski definition) is 3. The molecule has 0 aliphatic carbocycles. The molecule has 0 aromatic rings. The molecule has 0 unspecified atom stereocenters. The van der Waals surface area contributed by atoms with Gasteiger partial charge in [0, 0.05) is 26.4 Å². The van der Waals surface area contributed by atoms with E-state index in [-0.39, 0.29) is 13.2 Å². The van der Waals surface area contributed by atoms with Gasteiger partial charge in [0.05, 0.1) is 0 Å². The predicted octanol–water partition coefficient (Wildman–Crippen LogP) is 0.548. The average molecular weight is 162 g/mol. The van der Waals surface area contributed by atoms with Crippen LogP contribution < -0.4 is 0 Å². The maximum atomic E-state index is 7.91. The quantitative estimate of drug-likeness (QED) is 0.623. The topological polar surface area (TPSA) is 49.7 Å². The Morgan fingerprint density at radius 3 is 1.55 bits per heavy atom. The molecule has 68 valence electrons. The molecule has 1 aliphatic heterocycles. The maximum absolute atomic E-state index is 7.91. The number of aliphatic hydroxyl groups is 2. The largest absolute Gasteiger partial charge is 0.396 e. The lowest BCUT2D eigenvalue weighted by molar-refractivity contribution is 0.0968. The van der Waals surface area contributed by atoms with Gasteiger partial charge < -0.3 is 14.9 Å². The van der Waals surface area contributed by atoms with E-state index in [1.807, 2.05) is 0 Å². The van der Waals surface area contributed by atoms with E-state index in [9.17, 15) is 0 Å². The Bertz CT molecular complexity index is 48.8. The predicted molar refractivity (Wildman–Crippen MR) is 43.5 cm³/mol. The molecule has 0 atom stereocenters. The van der Waals surface area contributed by atoms with Gasteiger partial charge in [0.1, 0.15) is 0 Å². The van der Waals surface area contributed by atoms with E-state index in [1.54, 1.807) is 0 Å². The molecule has 0 bridgehead atoms. The van der Waals surface area contributed by atoms with Gasteiger partial charge in [-0.3, -0.25) is 0 Å². The van der Waals surface area contributed by atoms with E-state index in [1.165, 1.54) is 19.3 Å². The van der Waals surface area contributed by atoms with E-state index >= 15 is 0 Å². The van der Waals surface area contributed by atoms with Crippen LogP contribution in [0.5, 0.6) is 0 Å². The molecule has 3 nitrogen and oxygen atoms in total. The molecule has 1 rings (SSSR count). The lowest BCUT2D eigenvalue weighted by Crippen LogP contribution is -2.03. The van der Waals surface area contributed by atoms with Crippen LogP contribution in [0.3, 0.4) is 0 Å². The SMILES string of the molecule is C1CCOCC1.OCCCO. The van der Waals surface area contributed by atoms with Crippen LogP contribution in [0, 0.1) is 0 Å². The first-order valence-electron chi connectivity index (χ1n) is 4.21. The van der Waals surface area contributed by atoms with Gasteiger partial charge in [0.25, 0.3) is 0 Å². The molecule has 1 saturated heterocycles. The van der Waals surface area contributed by atoms with Gasteiger partial charge >= 0.3 is 0 Å². The Hall–Kier alpha value is -0.120. The highest BCUT2D eigenvalue weighted by Gasteiger charge is 1.94. The lowest BCUT2D eigenvalue weighted by atomic mass is 10.2. The van der Waals surface area contributed by atoms with Crippen molar-refractivity contribution in [2.24, 2.45) is 0 Å². The highest BCUT2D eigenvalue weighted by molar-refractivity contribution is 4.45. The maximum Gasteiger partial charge on any atom is 0.0466 e. The molecule has 1 fully saturated rings. The standard InChI is InChI=1S/C5H10O.C3H8O2/c1-2-4-6-5-3-1;4-2-1-3-5/h1-5H2;4-5H,1-3H2. The van der Waals surface area contributed by atoms with Crippen LogP contribution in [0.1, 0.15) is 25.7 Å². The zero-order valence-corrected chi connectivity index (χ0v) is 6.96. The van der Waals surface area contributed by atoms with Gasteiger partial charge in [0.15, 0.2) is 0 Å². The summed E-state index contributed by atoms with van der Waals surface area (Å²) >= 11 is 0. The second-order valence-corrected chi connectivity index (χ2v) is 2.47. The van der Waals surface area contributed by atoms with Gasteiger partial charge in [-0.2, -0.15) is 0 Å². The molecule has 2 N–H and O–H groups in total. The zero-order valence-electron chi connectivity index (χ0n) is 6.96. The van der Waals surface area contributed by atoms with Crippen molar-refractivity contribution in [2.75, 3.05) is 26.4 Å². The molecule has 1 heterocycles. The first-order valence-corrected chi connectivity index (χ1v) is 4.21. The van der Waals surface area contributed by atoms with E-state index in [2.05, 4.69) is 0 Å². The molecular formula is C8H18O3. The summed E-state index contributed by atoms with van der Waals surface area (Å²) in [5.41, 5.74) is 0. The van der Waals surface area contributed by atoms with Crippen molar-refractivity contribution in [3.63, 3.8) is 0 Å². The van der Waals surface area contributed by atoms with Crippen molar-refractivity contribution >= 4 is 0 Å². The summed E-state index contributed by atoms with van der Waals surface area (Å²) in [6, 6.07) is 0. The van der Waals surface area contributed by atoms with Crippen LogP contribution in [0.25, 0.3) is 0 Å². The summed E-state index contributed by atoms with van der Waals surface area (Å²) in [5, 5.41) is 15.8. The second-order valence-electron chi connectivity index (χ2n) is 2.47. The normalized spacial score (nSPS) is 16.9. The molecule has 0 aromatic carbocycles. The Morgan fingerprint density at radius 2 is 1.45 bits per heavy atom. The van der Waals surface area contributed by atoms with Crippen LogP contribution in [0.4, 0.5) is 0 Å². The fourth-order valence-electron chi connectivity index (χ4n) is 0.758. The summed E-state index contributed by atoms with van der Waals surface area (Å²) in [7, 11) is 0. The summed E-state index contributed by atoms with van der Waals surface area (Å²) in [6.45, 7) is 2.19. The minimum absolute atomic E-state index is 0.0938. The molecule has 0 amide bonds. The first-order chi connectivity index (χ1) is 5.41. The Labute approximate surface area is 68.0 Å². The van der Waals surface area contributed by atoms with Gasteiger partial charge in [0.2, 0.25) is 0 Å². The summed E-state index contributed by atoms with van der Waals surface area (Å²) < 4.78 is 5.07. The van der Waals surface area contributed by atoms with Crippen LogP contribution in [0.15, 0.2) is 0 Å². The summed E-state index contributed by atoms with van der Waals surface area (Å²) in [5.74, 6) is 0. The Morgan fingerprint density at radius 1 is 0.909 bits per heavy atom. The summed E-state index contributed by atoms with van der Waals surface area (Å²) in [4.78, 5) is 0. The van der Waals surface area contributed by atoms with E-state index in [0.717, 1.165) is 13.2 Å². The van der Waals surface area contributed by atoms with Gasteiger partial charge in [-0.25, -0.2) is 0 Å². The van der Waals surface area contributed by atoms with Crippen molar-refractivity contribution < 1.29 is 14.9 Å². The number of aliphatic hydroxyl groups excluding tert-OH is 2. The second kappa shape index (κ2) is 9.88. The van der Waals surface area contributed by atoms with Crippen molar-refractivity contribution in [2.45, 2.75) is 25.7 Å². The minimum atomic E-state index is 0.0938. The third-order valence-corrected chi connectivity index (χ3v) is 1.39. The minimum Gasteiger partial charge on any atom is -0.396 e. The molecule has 0 radical (unpaired) electrons. The van der Waals surface area contributed by atoms with E-state index in [4.69, 9.17) is 14.9 Å². The zero-order chi connectivity index (χ0) is 8.36. The monoisotopic (exact) mass is 162 g/mol. The average Bonchev–Trinajstić information content (AvgIpc) is 2.10. The van der Waals surface area contributed by atoms with Gasteiger partial charge in [-0.1, -0.05) is 0 Å². The van der Waals surface area contributed by atoms with Crippen LogP contribution in [0.2, 0.25) is 0 Å². The van der Waals surface area contributed by atoms with Crippen LogP contribution in [-0.2, 0) is 4.74 Å². The molecular weight excluding hydrogens is 144 g/mol. The number of rotatable bonds is 2.